The summed E-state index contributed by atoms with van der Waals surface area (Å²) in [6, 6.07) is 4.71. The van der Waals surface area contributed by atoms with Gasteiger partial charge in [-0.3, -0.25) is 4.72 Å². The standard InChI is InChI=1S/C12H8BrF3N2O2S/c13-8-5-7(17)1-2-11(8)18-21(19,20)12-9(15)3-6(14)4-10(12)16/h1-5,18H,17H2. The van der Waals surface area contributed by atoms with Crippen molar-refractivity contribution in [3.63, 3.8) is 0 Å². The third kappa shape index (κ3) is 3.30. The van der Waals surface area contributed by atoms with Gasteiger partial charge in [0.25, 0.3) is 10.0 Å². The molecule has 3 N–H and O–H groups in total. The van der Waals surface area contributed by atoms with Crippen LogP contribution in [0.2, 0.25) is 0 Å². The quantitative estimate of drug-likeness (QED) is 0.802. The Morgan fingerprint density at radius 2 is 1.62 bits per heavy atom. The van der Waals surface area contributed by atoms with Crippen LogP contribution < -0.4 is 10.5 Å². The van der Waals surface area contributed by atoms with Gasteiger partial charge in [0.1, 0.15) is 17.5 Å². The van der Waals surface area contributed by atoms with E-state index in [-0.39, 0.29) is 22.3 Å². The molecule has 2 rings (SSSR count). The summed E-state index contributed by atoms with van der Waals surface area (Å²) in [6.07, 6.45) is 0. The molecule has 0 fully saturated rings. The molecule has 0 atom stereocenters. The van der Waals surface area contributed by atoms with Crippen molar-refractivity contribution in [1.82, 2.24) is 0 Å². The number of anilines is 2. The van der Waals surface area contributed by atoms with E-state index < -0.39 is 32.4 Å². The van der Waals surface area contributed by atoms with Gasteiger partial charge in [0.05, 0.1) is 5.69 Å². The molecule has 0 amide bonds. The van der Waals surface area contributed by atoms with Crippen molar-refractivity contribution in [2.45, 2.75) is 4.90 Å². The molecule has 112 valence electrons. The van der Waals surface area contributed by atoms with E-state index in [9.17, 15) is 21.6 Å². The van der Waals surface area contributed by atoms with Gasteiger partial charge < -0.3 is 5.73 Å². The number of halogens is 4. The molecule has 0 saturated heterocycles. The van der Waals surface area contributed by atoms with Crippen LogP contribution in [0.3, 0.4) is 0 Å². The highest BCUT2D eigenvalue weighted by atomic mass is 79.9. The van der Waals surface area contributed by atoms with Crippen LogP contribution in [0.25, 0.3) is 0 Å². The van der Waals surface area contributed by atoms with Crippen LogP contribution in [0.5, 0.6) is 0 Å². The fourth-order valence-electron chi connectivity index (χ4n) is 1.60. The fourth-order valence-corrected chi connectivity index (χ4v) is 3.42. The second-order valence-electron chi connectivity index (χ2n) is 4.04. The van der Waals surface area contributed by atoms with E-state index in [2.05, 4.69) is 15.9 Å². The molecule has 0 aliphatic carbocycles. The lowest BCUT2D eigenvalue weighted by atomic mass is 10.3. The van der Waals surface area contributed by atoms with E-state index in [1.165, 1.54) is 18.2 Å². The van der Waals surface area contributed by atoms with Crippen LogP contribution in [-0.4, -0.2) is 8.42 Å². The number of nitrogen functional groups attached to an aromatic ring is 1. The summed E-state index contributed by atoms with van der Waals surface area (Å²) in [5.74, 6) is -4.25. The van der Waals surface area contributed by atoms with E-state index in [0.717, 1.165) is 0 Å². The van der Waals surface area contributed by atoms with Gasteiger partial charge >= 0.3 is 0 Å². The van der Waals surface area contributed by atoms with E-state index in [1.54, 1.807) is 0 Å². The van der Waals surface area contributed by atoms with E-state index in [1.807, 2.05) is 4.72 Å². The van der Waals surface area contributed by atoms with Crippen LogP contribution in [0.15, 0.2) is 39.7 Å². The first kappa shape index (κ1) is 15.6. The highest BCUT2D eigenvalue weighted by Gasteiger charge is 2.25. The Kier molecular flexibility index (Phi) is 4.15. The largest absolute Gasteiger partial charge is 0.399 e. The number of nitrogens with two attached hydrogens (primary N) is 1. The Morgan fingerprint density at radius 1 is 1.05 bits per heavy atom. The molecule has 0 bridgehead atoms. The number of nitrogens with one attached hydrogen (secondary N) is 1. The zero-order valence-corrected chi connectivity index (χ0v) is 12.6. The summed E-state index contributed by atoms with van der Waals surface area (Å²) in [7, 11) is -4.56. The first-order valence-corrected chi connectivity index (χ1v) is 7.71. The lowest BCUT2D eigenvalue weighted by Crippen LogP contribution is -2.17. The third-order valence-electron chi connectivity index (χ3n) is 2.47. The van der Waals surface area contributed by atoms with Crippen molar-refractivity contribution in [1.29, 1.82) is 0 Å². The van der Waals surface area contributed by atoms with E-state index in [0.29, 0.717) is 5.69 Å². The number of rotatable bonds is 3. The van der Waals surface area contributed by atoms with Gasteiger partial charge in [-0.1, -0.05) is 0 Å². The third-order valence-corrected chi connectivity index (χ3v) is 4.54. The van der Waals surface area contributed by atoms with Crippen molar-refractivity contribution in [3.05, 3.63) is 52.3 Å². The molecule has 0 spiro atoms. The number of sulfonamides is 1. The minimum absolute atomic E-state index is 0.0346. The molecule has 0 aromatic heterocycles. The second kappa shape index (κ2) is 5.57. The van der Waals surface area contributed by atoms with Gasteiger partial charge in [-0.2, -0.15) is 0 Å². The lowest BCUT2D eigenvalue weighted by Gasteiger charge is -2.11. The molecule has 4 nitrogen and oxygen atoms in total. The van der Waals surface area contributed by atoms with Crippen molar-refractivity contribution in [2.75, 3.05) is 10.5 Å². The molecule has 2 aromatic carbocycles. The smallest absolute Gasteiger partial charge is 0.267 e. The summed E-state index contributed by atoms with van der Waals surface area (Å²) < 4.78 is 66.2. The maximum Gasteiger partial charge on any atom is 0.267 e. The molecule has 0 heterocycles. The van der Waals surface area contributed by atoms with Crippen LogP contribution in [0.4, 0.5) is 24.5 Å². The normalized spacial score (nSPS) is 11.4. The minimum atomic E-state index is -4.56. The molecule has 0 radical (unpaired) electrons. The Balaban J connectivity index is 2.48. The minimum Gasteiger partial charge on any atom is -0.399 e. The van der Waals surface area contributed by atoms with E-state index in [4.69, 9.17) is 5.73 Å². The van der Waals surface area contributed by atoms with Gasteiger partial charge in [-0.25, -0.2) is 21.6 Å². The maximum atomic E-state index is 13.5. The van der Waals surface area contributed by atoms with Crippen molar-refractivity contribution in [3.8, 4) is 0 Å². The predicted octanol–water partition coefficient (Wildman–Crippen LogP) is 3.25. The Hall–Kier alpha value is -1.74. The molecule has 2 aromatic rings. The summed E-state index contributed by atoms with van der Waals surface area (Å²) in [6.45, 7) is 0. The number of hydrogen-bond donors (Lipinski definition) is 2. The molecular formula is C12H8BrF3N2O2S. The average molecular weight is 381 g/mol. The first-order valence-electron chi connectivity index (χ1n) is 5.43. The van der Waals surface area contributed by atoms with E-state index >= 15 is 0 Å². The molecule has 21 heavy (non-hydrogen) atoms. The molecule has 0 saturated carbocycles. The van der Waals surface area contributed by atoms with Crippen molar-refractivity contribution in [2.24, 2.45) is 0 Å². The number of benzene rings is 2. The SMILES string of the molecule is Nc1ccc(NS(=O)(=O)c2c(F)cc(F)cc2F)c(Br)c1. The van der Waals surface area contributed by atoms with Crippen molar-refractivity contribution >= 4 is 37.3 Å². The molecular weight excluding hydrogens is 373 g/mol. The zero-order valence-electron chi connectivity index (χ0n) is 10.2. The lowest BCUT2D eigenvalue weighted by molar-refractivity contribution is 0.498. The highest BCUT2D eigenvalue weighted by Crippen LogP contribution is 2.28. The summed E-state index contributed by atoms with van der Waals surface area (Å²) in [5, 5.41) is 0. The summed E-state index contributed by atoms with van der Waals surface area (Å²) >= 11 is 3.07. The maximum absolute atomic E-state index is 13.5. The molecule has 0 aliphatic heterocycles. The van der Waals surface area contributed by atoms with Crippen LogP contribution in [0.1, 0.15) is 0 Å². The van der Waals surface area contributed by atoms with Gasteiger partial charge in [-0.05, 0) is 34.1 Å². The Bertz CT molecular complexity index is 789. The van der Waals surface area contributed by atoms with Gasteiger partial charge in [-0.15, -0.1) is 0 Å². The molecule has 9 heteroatoms. The first-order chi connectivity index (χ1) is 9.70. The second-order valence-corrected chi connectivity index (χ2v) is 6.52. The average Bonchev–Trinajstić information content (AvgIpc) is 2.30. The zero-order chi connectivity index (χ0) is 15.8. The van der Waals surface area contributed by atoms with Crippen molar-refractivity contribution < 1.29 is 21.6 Å². The fraction of sp³-hybridized carbons (Fsp3) is 0. The Labute approximate surface area is 127 Å². The predicted molar refractivity (Wildman–Crippen MR) is 75.7 cm³/mol. The number of hydrogen-bond acceptors (Lipinski definition) is 3. The van der Waals surface area contributed by atoms with Crippen LogP contribution >= 0.6 is 15.9 Å². The Morgan fingerprint density at radius 3 is 2.14 bits per heavy atom. The highest BCUT2D eigenvalue weighted by molar-refractivity contribution is 9.10. The van der Waals surface area contributed by atoms with Gasteiger partial charge in [0, 0.05) is 22.3 Å². The summed E-state index contributed by atoms with van der Waals surface area (Å²) in [5.41, 5.74) is 5.90. The monoisotopic (exact) mass is 380 g/mol. The molecule has 0 unspecified atom stereocenters. The summed E-state index contributed by atoms with van der Waals surface area (Å²) in [4.78, 5) is -1.26. The van der Waals surface area contributed by atoms with Gasteiger partial charge in [0.2, 0.25) is 0 Å². The van der Waals surface area contributed by atoms with Gasteiger partial charge in [0.15, 0.2) is 4.90 Å². The topological polar surface area (TPSA) is 72.2 Å². The van der Waals surface area contributed by atoms with Crippen LogP contribution in [0, 0.1) is 17.5 Å². The molecule has 0 aliphatic rings. The van der Waals surface area contributed by atoms with Crippen LogP contribution in [-0.2, 0) is 10.0 Å².